The predicted octanol–water partition coefficient (Wildman–Crippen LogP) is 8.50. The van der Waals surface area contributed by atoms with Gasteiger partial charge in [0.15, 0.2) is 0 Å². The van der Waals surface area contributed by atoms with Crippen molar-refractivity contribution in [3.05, 3.63) is 0 Å². The summed E-state index contributed by atoms with van der Waals surface area (Å²) in [6.45, 7) is 18.0. The molecule has 2 aliphatic rings. The van der Waals surface area contributed by atoms with Crippen molar-refractivity contribution in [3.63, 3.8) is 0 Å². The van der Waals surface area contributed by atoms with Crippen LogP contribution in [-0.4, -0.2) is 0 Å². The minimum Gasteiger partial charge on any atom is -0.0683 e. The lowest BCUT2D eigenvalue weighted by Crippen LogP contribution is -2.37. The van der Waals surface area contributed by atoms with Gasteiger partial charge in [-0.15, -0.1) is 0 Å². The molecule has 0 aromatic heterocycles. The molecule has 2 saturated carbocycles. The smallest absolute Gasteiger partial charge is 0.0298 e. The molecule has 0 aromatic carbocycles. The van der Waals surface area contributed by atoms with E-state index < -0.39 is 0 Å². The van der Waals surface area contributed by atoms with Gasteiger partial charge in [0.25, 0.3) is 0 Å². The van der Waals surface area contributed by atoms with E-state index in [1.807, 2.05) is 27.7 Å². The van der Waals surface area contributed by atoms with E-state index in [1.54, 1.807) is 0 Å². The van der Waals surface area contributed by atoms with Crippen LogP contribution in [-0.2, 0) is 0 Å². The molecule has 0 N–H and O–H groups in total. The largest absolute Gasteiger partial charge is 0.0683 e. The molecule has 2 aliphatic carbocycles. The van der Waals surface area contributed by atoms with Crippen molar-refractivity contribution in [1.29, 1.82) is 0 Å². The maximum Gasteiger partial charge on any atom is -0.0298 e. The summed E-state index contributed by atoms with van der Waals surface area (Å²) in [5.74, 6) is 4.11. The molecule has 0 aliphatic heterocycles. The molecule has 2 rings (SSSR count). The summed E-state index contributed by atoms with van der Waals surface area (Å²) in [6, 6.07) is 0. The maximum absolute atomic E-state index is 2.60. The van der Waals surface area contributed by atoms with Crippen LogP contribution in [0.15, 0.2) is 0 Å². The van der Waals surface area contributed by atoms with Gasteiger partial charge in [0.05, 0.1) is 0 Å². The molecule has 0 nitrogen and oxygen atoms in total. The molecule has 0 aromatic rings. The third-order valence-corrected chi connectivity index (χ3v) is 6.95. The fourth-order valence-corrected chi connectivity index (χ4v) is 4.96. The van der Waals surface area contributed by atoms with E-state index in [0.717, 1.165) is 23.7 Å². The molecular formula is C23H48. The van der Waals surface area contributed by atoms with Gasteiger partial charge < -0.3 is 0 Å². The highest BCUT2D eigenvalue weighted by Crippen LogP contribution is 2.50. The first-order valence-electron chi connectivity index (χ1n) is 11.1. The van der Waals surface area contributed by atoms with Crippen molar-refractivity contribution in [2.24, 2.45) is 29.1 Å². The zero-order valence-corrected chi connectivity index (χ0v) is 17.9. The van der Waals surface area contributed by atoms with E-state index in [1.165, 1.54) is 64.2 Å². The normalized spacial score (nSPS) is 31.3. The van der Waals surface area contributed by atoms with Crippen LogP contribution in [0.25, 0.3) is 0 Å². The fraction of sp³-hybridized carbons (Fsp3) is 1.00. The van der Waals surface area contributed by atoms with Crippen molar-refractivity contribution >= 4 is 0 Å². The van der Waals surface area contributed by atoms with Crippen LogP contribution in [0, 0.1) is 29.1 Å². The Morgan fingerprint density at radius 3 is 1.04 bits per heavy atom. The number of hydrogen-bond acceptors (Lipinski definition) is 0. The van der Waals surface area contributed by atoms with Gasteiger partial charge in [-0.05, 0) is 54.8 Å². The second-order valence-electron chi connectivity index (χ2n) is 8.07. The highest BCUT2D eigenvalue weighted by Gasteiger charge is 2.39. The SMILES string of the molecule is CC.CC.CCC1CCC(C(C)(C)C2CCC(CC)CC2)CC1. The lowest BCUT2D eigenvalue weighted by atomic mass is 9.59. The van der Waals surface area contributed by atoms with Gasteiger partial charge in [-0.2, -0.15) is 0 Å². The van der Waals surface area contributed by atoms with Crippen molar-refractivity contribution in [3.8, 4) is 0 Å². The van der Waals surface area contributed by atoms with Crippen molar-refractivity contribution < 1.29 is 0 Å². The summed E-state index contributed by atoms with van der Waals surface area (Å²) in [6.07, 6.45) is 14.9. The van der Waals surface area contributed by atoms with Gasteiger partial charge in [0.2, 0.25) is 0 Å². The van der Waals surface area contributed by atoms with Gasteiger partial charge in [-0.3, -0.25) is 0 Å². The molecular weight excluding hydrogens is 276 g/mol. The second kappa shape index (κ2) is 12.4. The quantitative estimate of drug-likeness (QED) is 0.486. The zero-order valence-electron chi connectivity index (χ0n) is 17.9. The van der Waals surface area contributed by atoms with Gasteiger partial charge in [0.1, 0.15) is 0 Å². The highest BCUT2D eigenvalue weighted by molar-refractivity contribution is 4.90. The van der Waals surface area contributed by atoms with Crippen molar-refractivity contribution in [2.45, 2.75) is 120 Å². The standard InChI is InChI=1S/C19H36.2C2H6/c1-5-15-7-11-17(12-8-15)19(3,4)18-13-9-16(6-2)10-14-18;2*1-2/h15-18H,5-14H2,1-4H3;2*1-2H3. The minimum absolute atomic E-state index is 0.609. The molecule has 2 fully saturated rings. The Balaban J connectivity index is 0.00000112. The zero-order chi connectivity index (χ0) is 17.9. The van der Waals surface area contributed by atoms with Crippen LogP contribution in [0.2, 0.25) is 0 Å². The van der Waals surface area contributed by atoms with Gasteiger partial charge in [-0.1, -0.05) is 93.9 Å². The second-order valence-corrected chi connectivity index (χ2v) is 8.07. The van der Waals surface area contributed by atoms with E-state index in [2.05, 4.69) is 27.7 Å². The Morgan fingerprint density at radius 1 is 0.565 bits per heavy atom. The molecule has 0 heterocycles. The summed E-state index contributed by atoms with van der Waals surface area (Å²) in [5, 5.41) is 0. The first-order chi connectivity index (χ1) is 11.1. The maximum atomic E-state index is 2.60. The van der Waals surface area contributed by atoms with Crippen LogP contribution in [0.4, 0.5) is 0 Å². The molecule has 0 radical (unpaired) electrons. The third kappa shape index (κ3) is 6.79. The Hall–Kier alpha value is 0. The molecule has 0 unspecified atom stereocenters. The Kier molecular flexibility index (Phi) is 12.4. The van der Waals surface area contributed by atoms with E-state index in [-0.39, 0.29) is 0 Å². The monoisotopic (exact) mass is 324 g/mol. The molecule has 0 amide bonds. The fourth-order valence-electron chi connectivity index (χ4n) is 4.96. The number of rotatable bonds is 4. The third-order valence-electron chi connectivity index (χ3n) is 6.95. The molecule has 0 spiro atoms. The molecule has 140 valence electrons. The first-order valence-corrected chi connectivity index (χ1v) is 11.1. The van der Waals surface area contributed by atoms with Crippen LogP contribution < -0.4 is 0 Å². The predicted molar refractivity (Wildman–Crippen MR) is 108 cm³/mol. The van der Waals surface area contributed by atoms with Gasteiger partial charge >= 0.3 is 0 Å². The summed E-state index contributed by atoms with van der Waals surface area (Å²) >= 11 is 0. The topological polar surface area (TPSA) is 0 Å². The summed E-state index contributed by atoms with van der Waals surface area (Å²) in [7, 11) is 0. The highest BCUT2D eigenvalue weighted by atomic mass is 14.4. The minimum atomic E-state index is 0.609. The van der Waals surface area contributed by atoms with E-state index >= 15 is 0 Å². The lowest BCUT2D eigenvalue weighted by molar-refractivity contribution is 0.0381. The van der Waals surface area contributed by atoms with E-state index in [0.29, 0.717) is 5.41 Å². The summed E-state index contributed by atoms with van der Waals surface area (Å²) in [4.78, 5) is 0. The molecule has 23 heavy (non-hydrogen) atoms. The first kappa shape index (κ1) is 23.0. The molecule has 0 saturated heterocycles. The average molecular weight is 325 g/mol. The van der Waals surface area contributed by atoms with Crippen LogP contribution in [0.1, 0.15) is 120 Å². The summed E-state index contributed by atoms with van der Waals surface area (Å²) < 4.78 is 0. The Morgan fingerprint density at radius 2 is 0.826 bits per heavy atom. The van der Waals surface area contributed by atoms with Crippen molar-refractivity contribution in [1.82, 2.24) is 0 Å². The lowest BCUT2D eigenvalue weighted by Gasteiger charge is -2.46. The molecule has 0 atom stereocenters. The van der Waals surface area contributed by atoms with Crippen LogP contribution in [0.5, 0.6) is 0 Å². The molecule has 0 heteroatoms. The van der Waals surface area contributed by atoms with E-state index in [9.17, 15) is 0 Å². The summed E-state index contributed by atoms with van der Waals surface area (Å²) in [5.41, 5.74) is 0.609. The van der Waals surface area contributed by atoms with Gasteiger partial charge in [-0.25, -0.2) is 0 Å². The Labute approximate surface area is 149 Å². The van der Waals surface area contributed by atoms with Gasteiger partial charge in [0, 0.05) is 0 Å². The average Bonchev–Trinajstić information content (AvgIpc) is 2.65. The molecule has 0 bridgehead atoms. The number of hydrogen-bond donors (Lipinski definition) is 0. The van der Waals surface area contributed by atoms with E-state index in [4.69, 9.17) is 0 Å². The van der Waals surface area contributed by atoms with Crippen LogP contribution >= 0.6 is 0 Å². The Bertz CT molecular complexity index is 223. The van der Waals surface area contributed by atoms with Crippen molar-refractivity contribution in [2.75, 3.05) is 0 Å². The van der Waals surface area contributed by atoms with Crippen LogP contribution in [0.3, 0.4) is 0 Å².